The van der Waals surface area contributed by atoms with Crippen molar-refractivity contribution in [2.75, 3.05) is 0 Å². The van der Waals surface area contributed by atoms with Gasteiger partial charge in [-0.3, -0.25) is 9.59 Å². The molecule has 110 valence electrons. The minimum absolute atomic E-state index is 0.0741. The van der Waals surface area contributed by atoms with Crippen molar-refractivity contribution < 1.29 is 9.59 Å². The summed E-state index contributed by atoms with van der Waals surface area (Å²) in [5.41, 5.74) is 2.99. The van der Waals surface area contributed by atoms with Crippen LogP contribution in [0, 0.1) is 0 Å². The Balaban J connectivity index is 2.30. The van der Waals surface area contributed by atoms with Crippen LogP contribution in [0.25, 0.3) is 5.57 Å². The highest BCUT2D eigenvalue weighted by molar-refractivity contribution is 6.21. The Morgan fingerprint density at radius 1 is 1.24 bits per heavy atom. The average molecular weight is 283 g/mol. The van der Waals surface area contributed by atoms with E-state index < -0.39 is 0 Å². The SMILES string of the molecule is CC=CCC1=C(NC(=O)CCCC)C(=O)c2ccccc21. The van der Waals surface area contributed by atoms with Gasteiger partial charge in [0.1, 0.15) is 0 Å². The molecule has 0 fully saturated rings. The van der Waals surface area contributed by atoms with E-state index in [9.17, 15) is 9.59 Å². The van der Waals surface area contributed by atoms with E-state index in [-0.39, 0.29) is 11.7 Å². The van der Waals surface area contributed by atoms with Gasteiger partial charge in [-0.25, -0.2) is 0 Å². The van der Waals surface area contributed by atoms with Crippen molar-refractivity contribution in [3.8, 4) is 0 Å². The summed E-state index contributed by atoms with van der Waals surface area (Å²) >= 11 is 0. The second-order valence-corrected chi connectivity index (χ2v) is 5.15. The lowest BCUT2D eigenvalue weighted by Crippen LogP contribution is -2.26. The van der Waals surface area contributed by atoms with Crippen molar-refractivity contribution in [2.45, 2.75) is 39.5 Å². The molecule has 0 aromatic heterocycles. The molecule has 0 radical (unpaired) electrons. The van der Waals surface area contributed by atoms with Crippen LogP contribution in [-0.4, -0.2) is 11.7 Å². The largest absolute Gasteiger partial charge is 0.323 e. The van der Waals surface area contributed by atoms with Gasteiger partial charge in [0, 0.05) is 12.0 Å². The molecule has 1 aliphatic carbocycles. The number of benzene rings is 1. The second-order valence-electron chi connectivity index (χ2n) is 5.15. The average Bonchev–Trinajstić information content (AvgIpc) is 2.76. The maximum Gasteiger partial charge on any atom is 0.224 e. The molecule has 0 heterocycles. The number of unbranched alkanes of at least 4 members (excludes halogenated alkanes) is 1. The van der Waals surface area contributed by atoms with Crippen LogP contribution >= 0.6 is 0 Å². The van der Waals surface area contributed by atoms with Crippen molar-refractivity contribution in [2.24, 2.45) is 0 Å². The van der Waals surface area contributed by atoms with Crippen molar-refractivity contribution in [3.63, 3.8) is 0 Å². The number of fused-ring (bicyclic) bond motifs is 1. The van der Waals surface area contributed by atoms with E-state index in [1.54, 1.807) is 0 Å². The molecule has 1 aromatic rings. The number of carbonyl (C=O) groups excluding carboxylic acids is 2. The third kappa shape index (κ3) is 3.30. The predicted octanol–water partition coefficient (Wildman–Crippen LogP) is 3.87. The molecule has 0 bridgehead atoms. The number of hydrogen-bond acceptors (Lipinski definition) is 2. The third-order valence-electron chi connectivity index (χ3n) is 3.61. The first-order valence-corrected chi connectivity index (χ1v) is 7.47. The number of Topliss-reactive ketones (excluding diaryl/α,β-unsaturated/α-hetero) is 1. The van der Waals surface area contributed by atoms with Gasteiger partial charge in [-0.05, 0) is 30.9 Å². The zero-order chi connectivity index (χ0) is 15.2. The molecule has 0 spiro atoms. The molecule has 0 saturated heterocycles. The fraction of sp³-hybridized carbons (Fsp3) is 0.333. The van der Waals surface area contributed by atoms with E-state index in [0.29, 0.717) is 24.1 Å². The van der Waals surface area contributed by atoms with Gasteiger partial charge >= 0.3 is 0 Å². The van der Waals surface area contributed by atoms with Gasteiger partial charge in [0.25, 0.3) is 0 Å². The van der Waals surface area contributed by atoms with Crippen molar-refractivity contribution in [1.82, 2.24) is 5.32 Å². The maximum absolute atomic E-state index is 12.5. The number of ketones is 1. The smallest absolute Gasteiger partial charge is 0.224 e. The summed E-state index contributed by atoms with van der Waals surface area (Å²) < 4.78 is 0. The minimum Gasteiger partial charge on any atom is -0.323 e. The number of amides is 1. The first kappa shape index (κ1) is 15.2. The minimum atomic E-state index is -0.0778. The summed E-state index contributed by atoms with van der Waals surface area (Å²) in [5.74, 6) is -0.152. The van der Waals surface area contributed by atoms with Crippen LogP contribution in [0.3, 0.4) is 0 Å². The molecule has 2 rings (SSSR count). The number of allylic oxidation sites excluding steroid dienone is 4. The van der Waals surface area contributed by atoms with Crippen molar-refractivity contribution >= 4 is 17.3 Å². The van der Waals surface area contributed by atoms with Gasteiger partial charge in [0.15, 0.2) is 0 Å². The van der Waals surface area contributed by atoms with Gasteiger partial charge in [-0.15, -0.1) is 0 Å². The Bertz CT molecular complexity index is 611. The number of hydrogen-bond donors (Lipinski definition) is 1. The van der Waals surface area contributed by atoms with E-state index in [4.69, 9.17) is 0 Å². The Labute approximate surface area is 125 Å². The first-order chi connectivity index (χ1) is 10.2. The monoisotopic (exact) mass is 283 g/mol. The highest BCUT2D eigenvalue weighted by atomic mass is 16.2. The molecule has 0 aliphatic heterocycles. The standard InChI is InChI=1S/C18H21NO2/c1-3-5-9-14-13-10-7-8-11-15(13)18(21)17(14)19-16(20)12-6-4-2/h3,5,7-8,10-11H,4,6,9,12H2,1-2H3,(H,19,20,21). The number of nitrogens with one attached hydrogen (secondary N) is 1. The van der Waals surface area contributed by atoms with E-state index >= 15 is 0 Å². The molecular weight excluding hydrogens is 262 g/mol. The number of carbonyl (C=O) groups is 2. The molecule has 1 amide bonds. The highest BCUT2D eigenvalue weighted by Crippen LogP contribution is 2.34. The molecule has 0 atom stereocenters. The summed E-state index contributed by atoms with van der Waals surface area (Å²) in [7, 11) is 0. The van der Waals surface area contributed by atoms with Crippen LogP contribution in [0.4, 0.5) is 0 Å². The fourth-order valence-electron chi connectivity index (χ4n) is 2.47. The van der Waals surface area contributed by atoms with Gasteiger partial charge in [0.05, 0.1) is 5.70 Å². The summed E-state index contributed by atoms with van der Waals surface area (Å²) in [4.78, 5) is 24.4. The van der Waals surface area contributed by atoms with Crippen LogP contribution in [0.1, 0.15) is 55.5 Å². The van der Waals surface area contributed by atoms with Gasteiger partial charge in [-0.1, -0.05) is 49.8 Å². The second kappa shape index (κ2) is 7.02. The Morgan fingerprint density at radius 2 is 1.95 bits per heavy atom. The van der Waals surface area contributed by atoms with E-state index in [1.165, 1.54) is 0 Å². The lowest BCUT2D eigenvalue weighted by Gasteiger charge is -2.07. The summed E-state index contributed by atoms with van der Waals surface area (Å²) in [6.45, 7) is 3.99. The lowest BCUT2D eigenvalue weighted by atomic mass is 10.0. The summed E-state index contributed by atoms with van der Waals surface area (Å²) in [6.07, 6.45) is 6.87. The topological polar surface area (TPSA) is 46.2 Å². The molecule has 3 nitrogen and oxygen atoms in total. The molecule has 1 N–H and O–H groups in total. The van der Waals surface area contributed by atoms with E-state index in [1.807, 2.05) is 50.3 Å². The zero-order valence-corrected chi connectivity index (χ0v) is 12.6. The molecular formula is C18H21NO2. The molecule has 1 aliphatic rings. The molecule has 21 heavy (non-hydrogen) atoms. The zero-order valence-electron chi connectivity index (χ0n) is 12.6. The normalized spacial score (nSPS) is 13.9. The summed E-state index contributed by atoms with van der Waals surface area (Å²) in [5, 5.41) is 2.83. The molecule has 0 unspecified atom stereocenters. The predicted molar refractivity (Wildman–Crippen MR) is 84.8 cm³/mol. The maximum atomic E-state index is 12.5. The Kier molecular flexibility index (Phi) is 5.09. The fourth-order valence-corrected chi connectivity index (χ4v) is 2.47. The van der Waals surface area contributed by atoms with E-state index in [0.717, 1.165) is 24.0 Å². The van der Waals surface area contributed by atoms with Crippen molar-refractivity contribution in [1.29, 1.82) is 0 Å². The summed E-state index contributed by atoms with van der Waals surface area (Å²) in [6, 6.07) is 7.53. The molecule has 3 heteroatoms. The van der Waals surface area contributed by atoms with Crippen LogP contribution in [0.5, 0.6) is 0 Å². The third-order valence-corrected chi connectivity index (χ3v) is 3.61. The molecule has 0 saturated carbocycles. The Morgan fingerprint density at radius 3 is 2.62 bits per heavy atom. The lowest BCUT2D eigenvalue weighted by molar-refractivity contribution is -0.120. The quantitative estimate of drug-likeness (QED) is 0.806. The Hall–Kier alpha value is -2.16. The van der Waals surface area contributed by atoms with Crippen molar-refractivity contribution in [3.05, 3.63) is 53.2 Å². The highest BCUT2D eigenvalue weighted by Gasteiger charge is 2.29. The van der Waals surface area contributed by atoms with Crippen LogP contribution in [0.15, 0.2) is 42.1 Å². The number of rotatable bonds is 6. The van der Waals surface area contributed by atoms with Gasteiger partial charge in [0.2, 0.25) is 11.7 Å². The van der Waals surface area contributed by atoms with Crippen LogP contribution < -0.4 is 5.32 Å². The van der Waals surface area contributed by atoms with Gasteiger partial charge in [-0.2, -0.15) is 0 Å². The van der Waals surface area contributed by atoms with E-state index in [2.05, 4.69) is 5.32 Å². The van der Waals surface area contributed by atoms with Gasteiger partial charge < -0.3 is 5.32 Å². The molecule has 1 aromatic carbocycles. The van der Waals surface area contributed by atoms with Crippen LogP contribution in [-0.2, 0) is 4.79 Å². The first-order valence-electron chi connectivity index (χ1n) is 7.47. The van der Waals surface area contributed by atoms with Crippen LogP contribution in [0.2, 0.25) is 0 Å².